The quantitative estimate of drug-likeness (QED) is 0.0694. The van der Waals surface area contributed by atoms with E-state index in [1.165, 1.54) is 11.1 Å². The van der Waals surface area contributed by atoms with E-state index in [9.17, 15) is 9.59 Å². The van der Waals surface area contributed by atoms with Gasteiger partial charge in [0, 0.05) is 31.9 Å². The number of aldehydes is 1. The van der Waals surface area contributed by atoms with E-state index in [4.69, 9.17) is 23.7 Å². The third-order valence-electron chi connectivity index (χ3n) is 10.4. The molecule has 2 saturated carbocycles. The summed E-state index contributed by atoms with van der Waals surface area (Å²) in [5.74, 6) is -1.15. The molecular formula is C34H50O7Si. The molecule has 0 spiro atoms. The van der Waals surface area contributed by atoms with Crippen LogP contribution in [0.15, 0.2) is 41.5 Å². The van der Waals surface area contributed by atoms with Crippen LogP contribution < -0.4 is 0 Å². The molecule has 3 aliphatic carbocycles. The minimum atomic E-state index is -1.25. The molecule has 0 radical (unpaired) electrons. The van der Waals surface area contributed by atoms with Crippen LogP contribution in [0.4, 0.5) is 0 Å². The molecule has 7 atom stereocenters. The highest BCUT2D eigenvalue weighted by atomic mass is 28.3. The summed E-state index contributed by atoms with van der Waals surface area (Å²) in [7, 11) is -1.25. The second kappa shape index (κ2) is 13.0. The molecular weight excluding hydrogens is 548 g/mol. The lowest BCUT2D eigenvalue weighted by molar-refractivity contribution is -0.261. The Hall–Kier alpha value is -1.84. The zero-order chi connectivity index (χ0) is 30.0. The van der Waals surface area contributed by atoms with Gasteiger partial charge in [-0.05, 0) is 62.6 Å². The molecule has 0 bridgehead atoms. The number of esters is 1. The van der Waals surface area contributed by atoms with Crippen LogP contribution in [-0.4, -0.2) is 65.3 Å². The Bertz CT molecular complexity index is 1130. The van der Waals surface area contributed by atoms with E-state index < -0.39 is 30.9 Å². The van der Waals surface area contributed by atoms with Crippen LogP contribution in [0, 0.1) is 22.7 Å². The van der Waals surface area contributed by atoms with E-state index in [1.54, 1.807) is 0 Å². The number of carbonyl (C=O) groups is 2. The van der Waals surface area contributed by atoms with E-state index >= 15 is 0 Å². The Morgan fingerprint density at radius 3 is 2.64 bits per heavy atom. The first kappa shape index (κ1) is 31.6. The Morgan fingerprint density at radius 2 is 1.93 bits per heavy atom. The molecule has 4 aliphatic rings. The number of ether oxygens (including phenoxy) is 5. The van der Waals surface area contributed by atoms with Gasteiger partial charge in [-0.25, -0.2) is 0 Å². The summed E-state index contributed by atoms with van der Waals surface area (Å²) in [6, 6.07) is 11.2. The molecule has 1 aromatic carbocycles. The average molecular weight is 599 g/mol. The topological polar surface area (TPSA) is 80.3 Å². The fraction of sp³-hybridized carbons (Fsp3) is 0.706. The molecule has 1 heterocycles. The van der Waals surface area contributed by atoms with Crippen LogP contribution in [0.3, 0.4) is 0 Å². The summed E-state index contributed by atoms with van der Waals surface area (Å²) in [5.41, 5.74) is 2.05. The van der Waals surface area contributed by atoms with Gasteiger partial charge in [-0.3, -0.25) is 4.79 Å². The largest absolute Gasteiger partial charge is 0.466 e. The van der Waals surface area contributed by atoms with E-state index in [0.29, 0.717) is 39.1 Å². The van der Waals surface area contributed by atoms with Gasteiger partial charge in [0.05, 0.1) is 43.5 Å². The molecule has 2 fully saturated rings. The van der Waals surface area contributed by atoms with E-state index in [0.717, 1.165) is 37.2 Å². The highest BCUT2D eigenvalue weighted by Gasteiger charge is 2.71. The molecule has 1 aliphatic heterocycles. The fourth-order valence-electron chi connectivity index (χ4n) is 8.32. The lowest BCUT2D eigenvalue weighted by Gasteiger charge is -2.63. The first-order valence-corrected chi connectivity index (χ1v) is 19.7. The van der Waals surface area contributed by atoms with Crippen LogP contribution in [-0.2, 0) is 39.9 Å². The minimum Gasteiger partial charge on any atom is -0.466 e. The Kier molecular flexibility index (Phi) is 9.79. The van der Waals surface area contributed by atoms with Gasteiger partial charge in [0.2, 0.25) is 0 Å². The number of hydrogen-bond acceptors (Lipinski definition) is 7. The molecule has 5 rings (SSSR count). The van der Waals surface area contributed by atoms with Gasteiger partial charge < -0.3 is 28.5 Å². The number of fused-ring (bicyclic) bond motifs is 3. The van der Waals surface area contributed by atoms with Crippen LogP contribution >= 0.6 is 0 Å². The van der Waals surface area contributed by atoms with Crippen molar-refractivity contribution in [3.63, 3.8) is 0 Å². The van der Waals surface area contributed by atoms with Crippen molar-refractivity contribution in [1.82, 2.24) is 0 Å². The Labute approximate surface area is 252 Å². The van der Waals surface area contributed by atoms with Crippen molar-refractivity contribution in [3.8, 4) is 0 Å². The maximum absolute atomic E-state index is 14.2. The zero-order valence-electron chi connectivity index (χ0n) is 26.2. The predicted octanol–water partition coefficient (Wildman–Crippen LogP) is 6.33. The molecule has 232 valence electrons. The number of rotatable bonds is 12. The van der Waals surface area contributed by atoms with Crippen molar-refractivity contribution >= 4 is 20.3 Å². The second-order valence-corrected chi connectivity index (χ2v) is 19.7. The van der Waals surface area contributed by atoms with E-state index in [1.807, 2.05) is 25.1 Å². The Morgan fingerprint density at radius 1 is 1.14 bits per heavy atom. The predicted molar refractivity (Wildman–Crippen MR) is 164 cm³/mol. The summed E-state index contributed by atoms with van der Waals surface area (Å²) in [4.78, 5) is 27.5. The van der Waals surface area contributed by atoms with Crippen LogP contribution in [0.1, 0.15) is 57.9 Å². The van der Waals surface area contributed by atoms with E-state index in [-0.39, 0.29) is 37.5 Å². The molecule has 42 heavy (non-hydrogen) atoms. The second-order valence-electron chi connectivity index (χ2n) is 14.1. The van der Waals surface area contributed by atoms with Crippen molar-refractivity contribution in [1.29, 1.82) is 0 Å². The molecule has 0 saturated heterocycles. The van der Waals surface area contributed by atoms with Gasteiger partial charge >= 0.3 is 5.97 Å². The SMILES string of the molecule is CCOC(=O)[C@]12CC[C@H](OCc3ccccc3)C[C@@H]1[C@@H](OCOCC[Si](C)(C)C)[C@H]1OCC3=C(CCC3)[C@@]1(C)[C@H]2C=O. The molecule has 0 aromatic heterocycles. The third-order valence-corrected chi connectivity index (χ3v) is 12.1. The molecule has 1 aromatic rings. The molecule has 0 amide bonds. The summed E-state index contributed by atoms with van der Waals surface area (Å²) in [6.45, 7) is 13.1. The third kappa shape index (κ3) is 5.94. The van der Waals surface area contributed by atoms with E-state index in [2.05, 4.69) is 38.7 Å². The van der Waals surface area contributed by atoms with Gasteiger partial charge in [-0.15, -0.1) is 0 Å². The fourth-order valence-corrected chi connectivity index (χ4v) is 9.08. The van der Waals surface area contributed by atoms with Gasteiger partial charge in [-0.1, -0.05) is 62.5 Å². The summed E-state index contributed by atoms with van der Waals surface area (Å²) < 4.78 is 31.7. The molecule has 8 heteroatoms. The summed E-state index contributed by atoms with van der Waals surface area (Å²) >= 11 is 0. The van der Waals surface area contributed by atoms with Gasteiger partial charge in [0.1, 0.15) is 13.1 Å². The number of carbonyl (C=O) groups excluding carboxylic acids is 2. The van der Waals surface area contributed by atoms with Crippen LogP contribution in [0.2, 0.25) is 25.7 Å². The molecule has 0 unspecified atom stereocenters. The monoisotopic (exact) mass is 598 g/mol. The number of hydrogen-bond donors (Lipinski definition) is 0. The summed E-state index contributed by atoms with van der Waals surface area (Å²) in [5, 5.41) is 0. The van der Waals surface area contributed by atoms with Gasteiger partial charge in [0.25, 0.3) is 0 Å². The smallest absolute Gasteiger partial charge is 0.313 e. The average Bonchev–Trinajstić information content (AvgIpc) is 3.46. The molecule has 7 nitrogen and oxygen atoms in total. The van der Waals surface area contributed by atoms with Crippen LogP contribution in [0.25, 0.3) is 0 Å². The first-order valence-electron chi connectivity index (χ1n) is 16.0. The lowest BCUT2D eigenvalue weighted by Crippen LogP contribution is -2.70. The Balaban J connectivity index is 1.49. The van der Waals surface area contributed by atoms with Crippen molar-refractivity contribution in [2.24, 2.45) is 22.7 Å². The van der Waals surface area contributed by atoms with Crippen molar-refractivity contribution in [2.45, 2.75) is 103 Å². The molecule has 0 N–H and O–H groups in total. The highest BCUT2D eigenvalue weighted by Crippen LogP contribution is 2.65. The normalized spacial score (nSPS) is 34.4. The van der Waals surface area contributed by atoms with Crippen molar-refractivity contribution in [3.05, 3.63) is 47.0 Å². The first-order chi connectivity index (χ1) is 20.1. The number of benzene rings is 1. The maximum atomic E-state index is 14.2. The maximum Gasteiger partial charge on any atom is 0.313 e. The van der Waals surface area contributed by atoms with Gasteiger partial charge in [-0.2, -0.15) is 0 Å². The minimum absolute atomic E-state index is 0.0711. The lowest BCUT2D eigenvalue weighted by atomic mass is 9.43. The summed E-state index contributed by atoms with van der Waals surface area (Å²) in [6.07, 6.45) is 4.95. The van der Waals surface area contributed by atoms with Gasteiger partial charge in [0.15, 0.2) is 0 Å². The van der Waals surface area contributed by atoms with Crippen molar-refractivity contribution < 1.29 is 33.3 Å². The highest BCUT2D eigenvalue weighted by molar-refractivity contribution is 6.76. The zero-order valence-corrected chi connectivity index (χ0v) is 27.2. The standard InChI is InChI=1S/C34H50O7Si/c1-6-38-32(36)34-16-15-26(39-21-24-11-8-7-9-12-24)19-28(34)30(41-23-37-17-18-42(3,4)5)31-33(2,29(34)20-35)27-14-10-13-25(27)22-40-31/h7-9,11-12,20,26,28-31H,6,10,13-19,21-23H2,1-5H3/t26-,28+,29+,30+,31+,33-,34+/m0/s1. The van der Waals surface area contributed by atoms with Crippen molar-refractivity contribution in [2.75, 3.05) is 26.6 Å². The van der Waals surface area contributed by atoms with Crippen LogP contribution in [0.5, 0.6) is 0 Å².